The van der Waals surface area contributed by atoms with Crippen LogP contribution in [0.1, 0.15) is 17.0 Å². The summed E-state index contributed by atoms with van der Waals surface area (Å²) in [6.45, 7) is 0. The molecule has 0 amide bonds. The third-order valence-corrected chi connectivity index (χ3v) is 6.99. The molecule has 5 nitrogen and oxygen atoms in total. The van der Waals surface area contributed by atoms with Crippen LogP contribution in [0.5, 0.6) is 0 Å². The second-order valence-electron chi connectivity index (χ2n) is 8.11. The molecule has 0 unspecified atom stereocenters. The predicted molar refractivity (Wildman–Crippen MR) is 141 cm³/mol. The van der Waals surface area contributed by atoms with E-state index in [2.05, 4.69) is 32.6 Å². The molecular formula is C26H19ClFIN4O. The number of pyridine rings is 2. The number of alkyl halides is 1. The minimum absolute atomic E-state index is 0.187. The van der Waals surface area contributed by atoms with Crippen molar-refractivity contribution in [3.05, 3.63) is 115 Å². The van der Waals surface area contributed by atoms with Crippen molar-refractivity contribution in [1.29, 1.82) is 0 Å². The van der Waals surface area contributed by atoms with Crippen LogP contribution in [0.4, 0.5) is 4.39 Å². The summed E-state index contributed by atoms with van der Waals surface area (Å²) in [5, 5.41) is 1.25. The van der Waals surface area contributed by atoms with Crippen LogP contribution in [-0.2, 0) is 19.8 Å². The standard InChI is InChI=1S/C26H19ClFIN4O/c1-32-15-30-14-24(32)26(28,17-6-8-19(29)9-7-17)23-11-21-20(16-4-3-5-18(27)10-16)12-25(34)33(2)22(21)13-31-23/h3-15H,1-2H3/t26-/m1/s1. The van der Waals surface area contributed by atoms with Crippen LogP contribution >= 0.6 is 34.2 Å². The number of fused-ring (bicyclic) bond motifs is 1. The quantitative estimate of drug-likeness (QED) is 0.249. The van der Waals surface area contributed by atoms with Gasteiger partial charge < -0.3 is 9.13 Å². The lowest BCUT2D eigenvalue weighted by atomic mass is 9.87. The number of benzene rings is 2. The van der Waals surface area contributed by atoms with Crippen LogP contribution < -0.4 is 5.56 Å². The molecule has 0 fully saturated rings. The minimum Gasteiger partial charge on any atom is -0.334 e. The van der Waals surface area contributed by atoms with E-state index in [1.165, 1.54) is 10.8 Å². The first-order valence-corrected chi connectivity index (χ1v) is 11.9. The van der Waals surface area contributed by atoms with Gasteiger partial charge in [-0.3, -0.25) is 9.78 Å². The zero-order valence-corrected chi connectivity index (χ0v) is 21.2. The number of hydrogen-bond donors (Lipinski definition) is 0. The SMILES string of the molecule is Cn1cncc1[C@@](F)(c1ccc(I)cc1)c1cc2c(-c3cccc(Cl)c3)cc(=O)n(C)c2cn1. The number of imidazole rings is 1. The lowest BCUT2D eigenvalue weighted by Crippen LogP contribution is -2.28. The highest BCUT2D eigenvalue weighted by molar-refractivity contribution is 14.1. The van der Waals surface area contributed by atoms with Crippen LogP contribution in [0.15, 0.2) is 84.2 Å². The topological polar surface area (TPSA) is 52.7 Å². The van der Waals surface area contributed by atoms with Gasteiger partial charge in [-0.1, -0.05) is 35.9 Å². The molecule has 0 aliphatic rings. The van der Waals surface area contributed by atoms with Gasteiger partial charge in [-0.15, -0.1) is 0 Å². The van der Waals surface area contributed by atoms with Crippen molar-refractivity contribution in [3.8, 4) is 11.1 Å². The smallest absolute Gasteiger partial charge is 0.251 e. The van der Waals surface area contributed by atoms with Crippen molar-refractivity contribution in [2.75, 3.05) is 0 Å². The summed E-state index contributed by atoms with van der Waals surface area (Å²) in [6.07, 6.45) is 4.64. The zero-order chi connectivity index (χ0) is 24.0. The van der Waals surface area contributed by atoms with Gasteiger partial charge in [0, 0.05) is 39.7 Å². The van der Waals surface area contributed by atoms with Gasteiger partial charge in [-0.25, -0.2) is 9.37 Å². The minimum atomic E-state index is -2.07. The van der Waals surface area contributed by atoms with Gasteiger partial charge in [0.05, 0.1) is 35.6 Å². The summed E-state index contributed by atoms with van der Waals surface area (Å²) >= 11 is 8.42. The number of hydrogen-bond acceptors (Lipinski definition) is 3. The van der Waals surface area contributed by atoms with Crippen LogP contribution in [0.2, 0.25) is 5.02 Å². The maximum absolute atomic E-state index is 17.3. The molecule has 1 atom stereocenters. The van der Waals surface area contributed by atoms with Crippen LogP contribution in [0.3, 0.4) is 0 Å². The molecule has 3 heterocycles. The number of aryl methyl sites for hydroxylation is 2. The Morgan fingerprint density at radius 2 is 1.79 bits per heavy atom. The molecule has 5 rings (SSSR count). The average Bonchev–Trinajstić information content (AvgIpc) is 3.27. The molecule has 8 heteroatoms. The lowest BCUT2D eigenvalue weighted by Gasteiger charge is -2.26. The van der Waals surface area contributed by atoms with Crippen LogP contribution in [-0.4, -0.2) is 19.1 Å². The Labute approximate surface area is 214 Å². The molecule has 170 valence electrons. The highest BCUT2D eigenvalue weighted by atomic mass is 127. The average molecular weight is 585 g/mol. The van der Waals surface area contributed by atoms with E-state index in [0.717, 1.165) is 9.13 Å². The fourth-order valence-electron chi connectivity index (χ4n) is 4.23. The van der Waals surface area contributed by atoms with Crippen molar-refractivity contribution < 1.29 is 4.39 Å². The van der Waals surface area contributed by atoms with E-state index < -0.39 is 5.67 Å². The van der Waals surface area contributed by atoms with E-state index in [1.54, 1.807) is 67.6 Å². The molecule has 0 N–H and O–H groups in total. The third-order valence-electron chi connectivity index (χ3n) is 6.03. The molecule has 0 spiro atoms. The van der Waals surface area contributed by atoms with Crippen LogP contribution in [0.25, 0.3) is 22.0 Å². The summed E-state index contributed by atoms with van der Waals surface area (Å²) in [7, 11) is 3.43. The Hall–Kier alpha value is -3.04. The maximum Gasteiger partial charge on any atom is 0.251 e. The highest BCUT2D eigenvalue weighted by Crippen LogP contribution is 2.41. The van der Waals surface area contributed by atoms with E-state index in [9.17, 15) is 4.79 Å². The Morgan fingerprint density at radius 3 is 2.47 bits per heavy atom. The monoisotopic (exact) mass is 584 g/mol. The Bertz CT molecular complexity index is 1600. The number of aromatic nitrogens is 4. The first kappa shape index (κ1) is 22.7. The van der Waals surface area contributed by atoms with Crippen molar-refractivity contribution in [1.82, 2.24) is 19.1 Å². The van der Waals surface area contributed by atoms with Crippen molar-refractivity contribution in [3.63, 3.8) is 0 Å². The molecular weight excluding hydrogens is 566 g/mol. The molecule has 2 aromatic carbocycles. The van der Waals surface area contributed by atoms with Gasteiger partial charge in [0.25, 0.3) is 5.56 Å². The molecule has 0 bridgehead atoms. The van der Waals surface area contributed by atoms with E-state index in [-0.39, 0.29) is 11.3 Å². The van der Waals surface area contributed by atoms with Crippen LogP contribution in [0, 0.1) is 3.57 Å². The van der Waals surface area contributed by atoms with E-state index in [0.29, 0.717) is 32.7 Å². The summed E-state index contributed by atoms with van der Waals surface area (Å²) in [5.41, 5.74) is 0.781. The Kier molecular flexibility index (Phi) is 5.77. The summed E-state index contributed by atoms with van der Waals surface area (Å²) in [5.74, 6) is 0. The predicted octanol–water partition coefficient (Wildman–Crippen LogP) is 5.85. The summed E-state index contributed by atoms with van der Waals surface area (Å²) in [6, 6.07) is 17.8. The Balaban J connectivity index is 1.84. The molecule has 0 saturated carbocycles. The summed E-state index contributed by atoms with van der Waals surface area (Å²) < 4.78 is 21.5. The van der Waals surface area contributed by atoms with Gasteiger partial charge in [-0.2, -0.15) is 0 Å². The van der Waals surface area contributed by atoms with Crippen molar-refractivity contribution in [2.45, 2.75) is 5.67 Å². The van der Waals surface area contributed by atoms with Crippen molar-refractivity contribution in [2.24, 2.45) is 14.1 Å². The normalized spacial score (nSPS) is 13.2. The van der Waals surface area contributed by atoms with Gasteiger partial charge in [-0.05, 0) is 64.0 Å². The lowest BCUT2D eigenvalue weighted by molar-refractivity contribution is 0.260. The number of nitrogens with zero attached hydrogens (tertiary/aromatic N) is 4. The van der Waals surface area contributed by atoms with Gasteiger partial charge in [0.1, 0.15) is 0 Å². The Morgan fingerprint density at radius 1 is 1.03 bits per heavy atom. The first-order valence-electron chi connectivity index (χ1n) is 10.5. The molecule has 0 aliphatic heterocycles. The van der Waals surface area contributed by atoms with Crippen molar-refractivity contribution >= 4 is 45.1 Å². The number of rotatable bonds is 4. The summed E-state index contributed by atoms with van der Waals surface area (Å²) in [4.78, 5) is 21.4. The second-order valence-corrected chi connectivity index (χ2v) is 9.79. The van der Waals surface area contributed by atoms with Gasteiger partial charge in [0.2, 0.25) is 5.67 Å². The van der Waals surface area contributed by atoms with Gasteiger partial charge in [0.15, 0.2) is 0 Å². The second kappa shape index (κ2) is 8.63. The van der Waals surface area contributed by atoms with Gasteiger partial charge >= 0.3 is 0 Å². The van der Waals surface area contributed by atoms with E-state index in [4.69, 9.17) is 11.6 Å². The fraction of sp³-hybridized carbons (Fsp3) is 0.115. The zero-order valence-electron chi connectivity index (χ0n) is 18.3. The molecule has 3 aromatic heterocycles. The molecule has 0 aliphatic carbocycles. The third kappa shape index (κ3) is 3.73. The molecule has 34 heavy (non-hydrogen) atoms. The molecule has 5 aromatic rings. The molecule has 0 saturated heterocycles. The number of halogens is 3. The fourth-order valence-corrected chi connectivity index (χ4v) is 4.78. The largest absolute Gasteiger partial charge is 0.334 e. The first-order chi connectivity index (χ1) is 16.3. The van der Waals surface area contributed by atoms with E-state index >= 15 is 4.39 Å². The highest BCUT2D eigenvalue weighted by Gasteiger charge is 2.41. The molecule has 0 radical (unpaired) electrons. The maximum atomic E-state index is 17.3. The van der Waals surface area contributed by atoms with E-state index in [1.807, 2.05) is 24.3 Å².